The quantitative estimate of drug-likeness (QED) is 0.404. The first-order valence-corrected chi connectivity index (χ1v) is 3.78. The second-order valence-electron chi connectivity index (χ2n) is 1.80. The van der Waals surface area contributed by atoms with Crippen molar-refractivity contribution < 1.29 is 9.35 Å². The Hall–Kier alpha value is -0.220. The predicted molar refractivity (Wildman–Crippen MR) is 30.6 cm³/mol. The molecule has 0 N–H and O–H groups in total. The molecule has 0 saturated carbocycles. The van der Waals surface area contributed by atoms with Crippen LogP contribution in [0.3, 0.4) is 0 Å². The van der Waals surface area contributed by atoms with Crippen LogP contribution in [-0.4, -0.2) is 34.0 Å². The van der Waals surface area contributed by atoms with Gasteiger partial charge in [0.1, 0.15) is 0 Å². The highest BCUT2D eigenvalue weighted by molar-refractivity contribution is 7.92. The van der Waals surface area contributed by atoms with Crippen molar-refractivity contribution in [3.05, 3.63) is 0 Å². The molecule has 1 fully saturated rings. The Labute approximate surface area is 50.8 Å². The summed E-state index contributed by atoms with van der Waals surface area (Å²) in [6, 6.07) is 0. The minimum Gasteiger partial charge on any atom is -0.615 e. The lowest BCUT2D eigenvalue weighted by molar-refractivity contribution is -0.125. The minimum atomic E-state index is -0.907. The summed E-state index contributed by atoms with van der Waals surface area (Å²) in [5, 5.41) is 0. The van der Waals surface area contributed by atoms with Crippen molar-refractivity contribution in [2.45, 2.75) is 0 Å². The van der Waals surface area contributed by atoms with Crippen LogP contribution in [-0.2, 0) is 16.0 Å². The van der Waals surface area contributed by atoms with E-state index in [4.69, 9.17) is 0 Å². The summed E-state index contributed by atoms with van der Waals surface area (Å²) in [6.07, 6.45) is 0. The van der Waals surface area contributed by atoms with Gasteiger partial charge in [-0.15, -0.1) is 0 Å². The summed E-state index contributed by atoms with van der Waals surface area (Å²) in [5.41, 5.74) is 0. The van der Waals surface area contributed by atoms with Crippen LogP contribution in [0.4, 0.5) is 0 Å². The Kier molecular flexibility index (Phi) is 1.44. The van der Waals surface area contributed by atoms with Gasteiger partial charge in [0.05, 0.1) is 0 Å². The van der Waals surface area contributed by atoms with E-state index >= 15 is 0 Å². The summed E-state index contributed by atoms with van der Waals surface area (Å²) in [6.45, 7) is 0. The second-order valence-corrected chi connectivity index (χ2v) is 3.23. The maximum atomic E-state index is 10.5. The van der Waals surface area contributed by atoms with Crippen LogP contribution in [0.15, 0.2) is 0 Å². The average Bonchev–Trinajstić information content (AvgIpc) is 1.85. The second kappa shape index (κ2) is 1.95. The molecule has 1 atom stereocenters. The van der Waals surface area contributed by atoms with Gasteiger partial charge in [-0.05, 0) is 11.2 Å². The van der Waals surface area contributed by atoms with E-state index in [0.29, 0.717) is 5.88 Å². The monoisotopic (exact) mass is 133 g/mol. The molecule has 1 unspecified atom stereocenters. The molecule has 0 aromatic heterocycles. The maximum absolute atomic E-state index is 10.5. The fraction of sp³-hybridized carbons (Fsp3) is 0.750. The molecule has 1 aliphatic heterocycles. The van der Waals surface area contributed by atoms with E-state index in [-0.39, 0.29) is 11.7 Å². The largest absolute Gasteiger partial charge is 0.615 e. The third-order valence-electron chi connectivity index (χ3n) is 1.05. The molecule has 0 aromatic rings. The van der Waals surface area contributed by atoms with Crippen molar-refractivity contribution in [2.75, 3.05) is 18.7 Å². The molecule has 1 heterocycles. The molecule has 46 valence electrons. The summed E-state index contributed by atoms with van der Waals surface area (Å²) in [4.78, 5) is 12.0. The fourth-order valence-corrected chi connectivity index (χ4v) is 1.74. The van der Waals surface area contributed by atoms with Crippen molar-refractivity contribution in [1.29, 1.82) is 0 Å². The van der Waals surface area contributed by atoms with Gasteiger partial charge in [-0.1, -0.05) is 0 Å². The van der Waals surface area contributed by atoms with Crippen LogP contribution in [0.2, 0.25) is 0 Å². The molecule has 0 radical (unpaired) electrons. The number of nitrogens with zero attached hydrogens (tertiary/aromatic N) is 1. The van der Waals surface area contributed by atoms with E-state index in [1.165, 1.54) is 4.90 Å². The standard InChI is InChI=1S/C4H7NO2S/c1-5-3-8(7)2-4(5)6/h2-3H2,1H3. The summed E-state index contributed by atoms with van der Waals surface area (Å²) < 4.78 is 10.5. The molecule has 1 amide bonds. The fourth-order valence-electron chi connectivity index (χ4n) is 0.582. The van der Waals surface area contributed by atoms with Crippen molar-refractivity contribution in [1.82, 2.24) is 4.90 Å². The van der Waals surface area contributed by atoms with E-state index in [0.717, 1.165) is 0 Å². The first kappa shape index (κ1) is 5.91. The number of rotatable bonds is 0. The highest BCUT2D eigenvalue weighted by Crippen LogP contribution is 2.04. The molecule has 0 spiro atoms. The Balaban J connectivity index is 2.51. The van der Waals surface area contributed by atoms with Gasteiger partial charge in [0, 0.05) is 7.05 Å². The van der Waals surface area contributed by atoms with Gasteiger partial charge in [-0.2, -0.15) is 0 Å². The molecule has 0 aromatic carbocycles. The molecule has 8 heavy (non-hydrogen) atoms. The van der Waals surface area contributed by atoms with E-state index < -0.39 is 11.2 Å². The summed E-state index contributed by atoms with van der Waals surface area (Å²) in [5.74, 6) is 0.623. The lowest BCUT2D eigenvalue weighted by Gasteiger charge is -2.01. The third-order valence-corrected chi connectivity index (χ3v) is 2.29. The van der Waals surface area contributed by atoms with Crippen molar-refractivity contribution >= 4 is 17.1 Å². The van der Waals surface area contributed by atoms with Gasteiger partial charge >= 0.3 is 0 Å². The van der Waals surface area contributed by atoms with E-state index in [9.17, 15) is 9.35 Å². The molecule has 4 heteroatoms. The van der Waals surface area contributed by atoms with Gasteiger partial charge in [-0.25, -0.2) is 0 Å². The zero-order valence-electron chi connectivity index (χ0n) is 4.59. The number of carbonyl (C=O) groups excluding carboxylic acids is 1. The Morgan fingerprint density at radius 2 is 2.50 bits per heavy atom. The van der Waals surface area contributed by atoms with Gasteiger partial charge in [0.15, 0.2) is 11.6 Å². The number of hydrogen-bond donors (Lipinski definition) is 0. The minimum absolute atomic E-state index is 0.0108. The Morgan fingerprint density at radius 3 is 2.62 bits per heavy atom. The first-order chi connectivity index (χ1) is 3.70. The topological polar surface area (TPSA) is 43.4 Å². The zero-order valence-corrected chi connectivity index (χ0v) is 5.40. The van der Waals surface area contributed by atoms with Crippen molar-refractivity contribution in [2.24, 2.45) is 0 Å². The van der Waals surface area contributed by atoms with Crippen molar-refractivity contribution in [3.8, 4) is 0 Å². The summed E-state index contributed by atoms with van der Waals surface area (Å²) >= 11 is -0.907. The average molecular weight is 133 g/mol. The van der Waals surface area contributed by atoms with Crippen LogP contribution >= 0.6 is 0 Å². The van der Waals surface area contributed by atoms with Gasteiger partial charge in [0.25, 0.3) is 5.91 Å². The van der Waals surface area contributed by atoms with E-state index in [1.54, 1.807) is 7.05 Å². The van der Waals surface area contributed by atoms with Gasteiger partial charge in [-0.3, -0.25) is 9.69 Å². The van der Waals surface area contributed by atoms with Crippen LogP contribution in [0.25, 0.3) is 0 Å². The Morgan fingerprint density at radius 1 is 1.88 bits per heavy atom. The lowest BCUT2D eigenvalue weighted by atomic mass is 10.6. The SMILES string of the molecule is CN1C[S+]([O-])CC1=O. The van der Waals surface area contributed by atoms with E-state index in [2.05, 4.69) is 0 Å². The first-order valence-electron chi connectivity index (χ1n) is 2.29. The molecular formula is C4H7NO2S. The van der Waals surface area contributed by atoms with Crippen LogP contribution in [0.5, 0.6) is 0 Å². The molecule has 1 aliphatic rings. The highest BCUT2D eigenvalue weighted by Gasteiger charge is 2.27. The molecule has 0 bridgehead atoms. The summed E-state index contributed by atoms with van der Waals surface area (Å²) in [7, 11) is 1.66. The zero-order chi connectivity index (χ0) is 6.15. The molecule has 3 nitrogen and oxygen atoms in total. The predicted octanol–water partition coefficient (Wildman–Crippen LogP) is -0.835. The maximum Gasteiger partial charge on any atom is 0.275 e. The molecular weight excluding hydrogens is 126 g/mol. The van der Waals surface area contributed by atoms with Crippen LogP contribution < -0.4 is 0 Å². The van der Waals surface area contributed by atoms with Crippen molar-refractivity contribution in [3.63, 3.8) is 0 Å². The Bertz CT molecular complexity index is 117. The molecule has 1 saturated heterocycles. The number of carbonyl (C=O) groups is 1. The normalized spacial score (nSPS) is 29.5. The number of hydrogen-bond acceptors (Lipinski definition) is 2. The number of amides is 1. The van der Waals surface area contributed by atoms with Crippen LogP contribution in [0.1, 0.15) is 0 Å². The molecule has 0 aliphatic carbocycles. The highest BCUT2D eigenvalue weighted by atomic mass is 32.2. The van der Waals surface area contributed by atoms with Crippen LogP contribution in [0, 0.1) is 0 Å². The molecule has 1 rings (SSSR count). The lowest BCUT2D eigenvalue weighted by Crippen LogP contribution is -2.19. The van der Waals surface area contributed by atoms with Gasteiger partial charge < -0.3 is 4.55 Å². The van der Waals surface area contributed by atoms with E-state index in [1.807, 2.05) is 0 Å². The van der Waals surface area contributed by atoms with Gasteiger partial charge in [0.2, 0.25) is 0 Å². The third kappa shape index (κ3) is 0.952. The smallest absolute Gasteiger partial charge is 0.275 e.